The standard InChI is InChI=1S/C8H4ClF2IN2/c9-7-5(8(10)11)6(12)4(1-2-13)3-14-7/h3,8H,1H2. The fourth-order valence-electron chi connectivity index (χ4n) is 0.919. The van der Waals surface area contributed by atoms with Crippen molar-refractivity contribution in [2.24, 2.45) is 0 Å². The van der Waals surface area contributed by atoms with Crippen molar-refractivity contribution in [3.63, 3.8) is 0 Å². The van der Waals surface area contributed by atoms with Crippen molar-refractivity contribution in [2.75, 3.05) is 0 Å². The van der Waals surface area contributed by atoms with Crippen molar-refractivity contribution in [3.05, 3.63) is 26.0 Å². The van der Waals surface area contributed by atoms with Gasteiger partial charge in [0.1, 0.15) is 5.15 Å². The van der Waals surface area contributed by atoms with Crippen LogP contribution in [-0.2, 0) is 6.42 Å². The number of halogens is 4. The minimum Gasteiger partial charge on any atom is -0.244 e. The molecule has 0 amide bonds. The van der Waals surface area contributed by atoms with E-state index >= 15 is 0 Å². The molecule has 0 saturated heterocycles. The minimum absolute atomic E-state index is 0.0577. The second-order valence-corrected chi connectivity index (χ2v) is 3.87. The third-order valence-electron chi connectivity index (χ3n) is 1.56. The summed E-state index contributed by atoms with van der Waals surface area (Å²) >= 11 is 7.27. The van der Waals surface area contributed by atoms with Crippen molar-refractivity contribution in [3.8, 4) is 6.07 Å². The molecule has 1 heterocycles. The Kier molecular flexibility index (Phi) is 4.01. The van der Waals surface area contributed by atoms with Gasteiger partial charge in [-0.1, -0.05) is 11.6 Å². The SMILES string of the molecule is N#CCc1cnc(Cl)c(C(F)F)c1I. The molecule has 1 rings (SSSR count). The normalized spacial score (nSPS) is 10.3. The highest BCUT2D eigenvalue weighted by molar-refractivity contribution is 14.1. The van der Waals surface area contributed by atoms with Crippen molar-refractivity contribution in [2.45, 2.75) is 12.8 Å². The van der Waals surface area contributed by atoms with Crippen molar-refractivity contribution >= 4 is 34.2 Å². The van der Waals surface area contributed by atoms with Crippen LogP contribution in [0.3, 0.4) is 0 Å². The van der Waals surface area contributed by atoms with Crippen LogP contribution in [0, 0.1) is 14.9 Å². The number of rotatable bonds is 2. The zero-order valence-electron chi connectivity index (χ0n) is 6.77. The van der Waals surface area contributed by atoms with Crippen LogP contribution in [0.1, 0.15) is 17.6 Å². The summed E-state index contributed by atoms with van der Waals surface area (Å²) in [7, 11) is 0. The lowest BCUT2D eigenvalue weighted by Crippen LogP contribution is -1.99. The number of nitrogens with zero attached hydrogens (tertiary/aromatic N) is 2. The van der Waals surface area contributed by atoms with E-state index < -0.39 is 6.43 Å². The fraction of sp³-hybridized carbons (Fsp3) is 0.250. The number of hydrogen-bond donors (Lipinski definition) is 0. The summed E-state index contributed by atoms with van der Waals surface area (Å²) in [6.45, 7) is 0. The van der Waals surface area contributed by atoms with Crippen LogP contribution in [0.2, 0.25) is 5.15 Å². The van der Waals surface area contributed by atoms with Crippen LogP contribution in [0.25, 0.3) is 0 Å². The van der Waals surface area contributed by atoms with Crippen molar-refractivity contribution in [1.29, 1.82) is 5.26 Å². The monoisotopic (exact) mass is 328 g/mol. The second kappa shape index (κ2) is 4.84. The van der Waals surface area contributed by atoms with Gasteiger partial charge < -0.3 is 0 Å². The van der Waals surface area contributed by atoms with E-state index in [1.165, 1.54) is 6.20 Å². The van der Waals surface area contributed by atoms with E-state index in [1.807, 2.05) is 6.07 Å². The van der Waals surface area contributed by atoms with Gasteiger partial charge in [0.25, 0.3) is 6.43 Å². The zero-order valence-corrected chi connectivity index (χ0v) is 9.68. The van der Waals surface area contributed by atoms with Gasteiger partial charge in [0.15, 0.2) is 0 Å². The van der Waals surface area contributed by atoms with Gasteiger partial charge in [0.2, 0.25) is 0 Å². The molecule has 0 bridgehead atoms. The lowest BCUT2D eigenvalue weighted by molar-refractivity contribution is 0.150. The maximum absolute atomic E-state index is 12.5. The van der Waals surface area contributed by atoms with E-state index in [9.17, 15) is 8.78 Å². The maximum Gasteiger partial charge on any atom is 0.267 e. The number of pyridine rings is 1. The largest absolute Gasteiger partial charge is 0.267 e. The lowest BCUT2D eigenvalue weighted by Gasteiger charge is -2.07. The zero-order chi connectivity index (χ0) is 10.7. The predicted octanol–water partition coefficient (Wildman–Crippen LogP) is 3.34. The Bertz CT molecular complexity index is 390. The van der Waals surface area contributed by atoms with Gasteiger partial charge in [-0.15, -0.1) is 0 Å². The first-order valence-corrected chi connectivity index (χ1v) is 5.01. The highest BCUT2D eigenvalue weighted by Gasteiger charge is 2.19. The quantitative estimate of drug-likeness (QED) is 0.617. The van der Waals surface area contributed by atoms with Crippen LogP contribution in [0.4, 0.5) is 8.78 Å². The Morgan fingerprint density at radius 2 is 2.29 bits per heavy atom. The smallest absolute Gasteiger partial charge is 0.244 e. The molecule has 0 saturated carbocycles. The number of aromatic nitrogens is 1. The Hall–Kier alpha value is -0.480. The van der Waals surface area contributed by atoms with Crippen LogP contribution < -0.4 is 0 Å². The average molecular weight is 328 g/mol. The molecule has 6 heteroatoms. The molecule has 0 aliphatic heterocycles. The lowest BCUT2D eigenvalue weighted by atomic mass is 10.2. The van der Waals surface area contributed by atoms with E-state index in [0.29, 0.717) is 9.13 Å². The molecule has 0 radical (unpaired) electrons. The minimum atomic E-state index is -2.67. The number of hydrogen-bond acceptors (Lipinski definition) is 2. The third kappa shape index (κ3) is 2.30. The van der Waals surface area contributed by atoms with Gasteiger partial charge in [-0.05, 0) is 28.2 Å². The first-order chi connectivity index (χ1) is 6.57. The van der Waals surface area contributed by atoms with E-state index in [2.05, 4.69) is 4.98 Å². The molecule has 0 spiro atoms. The highest BCUT2D eigenvalue weighted by Crippen LogP contribution is 2.31. The maximum atomic E-state index is 12.5. The van der Waals surface area contributed by atoms with Crippen LogP contribution in [0.15, 0.2) is 6.20 Å². The van der Waals surface area contributed by atoms with Crippen molar-refractivity contribution < 1.29 is 8.78 Å². The molecular formula is C8H4ClF2IN2. The Labute approximate surface area is 98.0 Å². The molecule has 0 aliphatic carbocycles. The van der Waals surface area contributed by atoms with Crippen LogP contribution in [-0.4, -0.2) is 4.98 Å². The molecule has 0 fully saturated rings. The van der Waals surface area contributed by atoms with Crippen molar-refractivity contribution in [1.82, 2.24) is 4.98 Å². The predicted molar refractivity (Wildman–Crippen MR) is 56.2 cm³/mol. The van der Waals surface area contributed by atoms with Gasteiger partial charge in [-0.2, -0.15) is 5.26 Å². The Morgan fingerprint density at radius 3 is 2.79 bits per heavy atom. The molecular weight excluding hydrogens is 324 g/mol. The van der Waals surface area contributed by atoms with E-state index in [1.54, 1.807) is 22.6 Å². The topological polar surface area (TPSA) is 36.7 Å². The molecule has 2 nitrogen and oxygen atoms in total. The molecule has 1 aromatic rings. The van der Waals surface area contributed by atoms with Gasteiger partial charge in [-0.25, -0.2) is 13.8 Å². The van der Waals surface area contributed by atoms with Gasteiger partial charge in [0.05, 0.1) is 18.1 Å². The molecule has 74 valence electrons. The summed E-state index contributed by atoms with van der Waals surface area (Å²) in [6.07, 6.45) is -1.26. The molecule has 0 aromatic carbocycles. The summed E-state index contributed by atoms with van der Waals surface area (Å²) in [6, 6.07) is 1.88. The van der Waals surface area contributed by atoms with E-state index in [4.69, 9.17) is 16.9 Å². The van der Waals surface area contributed by atoms with E-state index in [0.717, 1.165) is 0 Å². The van der Waals surface area contributed by atoms with Gasteiger partial charge >= 0.3 is 0 Å². The first kappa shape index (κ1) is 11.6. The van der Waals surface area contributed by atoms with Gasteiger partial charge in [-0.3, -0.25) is 0 Å². The second-order valence-electron chi connectivity index (χ2n) is 2.44. The molecule has 0 N–H and O–H groups in total. The summed E-state index contributed by atoms with van der Waals surface area (Å²) in [4.78, 5) is 3.61. The fourth-order valence-corrected chi connectivity index (χ4v) is 2.12. The van der Waals surface area contributed by atoms with E-state index in [-0.39, 0.29) is 17.1 Å². The Balaban J connectivity index is 3.28. The molecule has 14 heavy (non-hydrogen) atoms. The summed E-state index contributed by atoms with van der Waals surface area (Å²) in [5.41, 5.74) is 0.188. The molecule has 0 unspecified atom stereocenters. The first-order valence-electron chi connectivity index (χ1n) is 3.55. The van der Waals surface area contributed by atoms with Gasteiger partial charge in [0, 0.05) is 9.77 Å². The summed E-state index contributed by atoms with van der Waals surface area (Å²) < 4.78 is 25.3. The van der Waals surface area contributed by atoms with Crippen LogP contribution in [0.5, 0.6) is 0 Å². The summed E-state index contributed by atoms with van der Waals surface area (Å²) in [5.74, 6) is 0. The highest BCUT2D eigenvalue weighted by atomic mass is 127. The number of nitriles is 1. The number of alkyl halides is 2. The average Bonchev–Trinajstić information content (AvgIpc) is 2.10. The van der Waals surface area contributed by atoms with Crippen LogP contribution >= 0.6 is 34.2 Å². The summed E-state index contributed by atoms with van der Waals surface area (Å²) in [5, 5.41) is 8.24. The third-order valence-corrected chi connectivity index (χ3v) is 3.14. The molecule has 1 aromatic heterocycles. The molecule has 0 atom stereocenters. The molecule has 0 aliphatic rings. The Morgan fingerprint density at radius 1 is 1.64 bits per heavy atom.